The summed E-state index contributed by atoms with van der Waals surface area (Å²) in [6, 6.07) is 25.0. The summed E-state index contributed by atoms with van der Waals surface area (Å²) >= 11 is 0. The van der Waals surface area contributed by atoms with Crippen molar-refractivity contribution in [3.8, 4) is 24.3 Å². The van der Waals surface area contributed by atoms with Crippen molar-refractivity contribution in [2.75, 3.05) is 0 Å². The molecule has 0 saturated heterocycles. The number of alkyl halides is 12. The van der Waals surface area contributed by atoms with Crippen molar-refractivity contribution >= 4 is 21.5 Å². The van der Waals surface area contributed by atoms with Crippen LogP contribution < -0.4 is 0 Å². The molecular formula is C48H36F12N4. The second kappa shape index (κ2) is 19.6. The lowest BCUT2D eigenvalue weighted by Gasteiger charge is -2.18. The molecule has 332 valence electrons. The minimum absolute atomic E-state index is 0.0954. The van der Waals surface area contributed by atoms with E-state index in [4.69, 9.17) is 21.0 Å². The smallest absolute Gasteiger partial charge is 0.192 e. The molecule has 64 heavy (non-hydrogen) atoms. The molecule has 0 aromatic heterocycles. The van der Waals surface area contributed by atoms with E-state index in [2.05, 4.69) is 24.3 Å². The third-order valence-corrected chi connectivity index (χ3v) is 10.0. The molecule has 0 aliphatic carbocycles. The van der Waals surface area contributed by atoms with E-state index in [0.717, 1.165) is 71.1 Å². The van der Waals surface area contributed by atoms with E-state index in [1.165, 1.54) is 13.8 Å². The summed E-state index contributed by atoms with van der Waals surface area (Å²) in [7, 11) is 0. The average molecular weight is 897 g/mol. The molecule has 16 heteroatoms. The highest BCUT2D eigenvalue weighted by atomic mass is 19.4. The standard InChI is InChI=1S/C14H10F6.C14H10N2.C10H8F6.C10H8N2/c1-7-3-5-10-9(11(7)13(15,16)17)6-4-8(2)12(10)14(18,19)20;1-9-3-5-12-11(13(9)7-15)6-4-10(2)14(12)8-16;1-5-3-8(10(14,15)16)6(2)4-7(5)9(11,12)13;1-7-3-10(6-12)8(2)4-9(7)5-11/h3-6H,1-2H3;3-6H,1-2H3;3-4H,1-2H3;3-4H,1-2H3. The van der Waals surface area contributed by atoms with Crippen molar-refractivity contribution in [2.45, 2.75) is 80.1 Å². The first-order valence-corrected chi connectivity index (χ1v) is 18.6. The molecule has 4 nitrogen and oxygen atoms in total. The molecule has 0 heterocycles. The van der Waals surface area contributed by atoms with Gasteiger partial charge in [-0.15, -0.1) is 0 Å². The number of nitrogens with zero attached hydrogens (tertiary/aromatic N) is 4. The van der Waals surface area contributed by atoms with Gasteiger partial charge in [0.2, 0.25) is 0 Å². The predicted molar refractivity (Wildman–Crippen MR) is 218 cm³/mol. The summed E-state index contributed by atoms with van der Waals surface area (Å²) in [5.74, 6) is 0. The van der Waals surface area contributed by atoms with Crippen molar-refractivity contribution in [1.29, 1.82) is 21.0 Å². The Morgan fingerprint density at radius 3 is 0.844 bits per heavy atom. The van der Waals surface area contributed by atoms with Gasteiger partial charge in [-0.05, 0) is 135 Å². The monoisotopic (exact) mass is 896 g/mol. The number of hydrogen-bond donors (Lipinski definition) is 0. The molecule has 6 aromatic carbocycles. The minimum atomic E-state index is -4.69. The summed E-state index contributed by atoms with van der Waals surface area (Å²) in [5.41, 5.74) is 1.10. The van der Waals surface area contributed by atoms with Gasteiger partial charge in [0.05, 0.1) is 56.6 Å². The molecule has 0 atom stereocenters. The molecule has 0 unspecified atom stereocenters. The normalized spacial score (nSPS) is 11.4. The lowest BCUT2D eigenvalue weighted by molar-refractivity contribution is -0.142. The molecule has 6 aromatic rings. The molecule has 0 amide bonds. The number of nitriles is 4. The summed E-state index contributed by atoms with van der Waals surface area (Å²) in [5, 5.41) is 36.5. The fourth-order valence-corrected chi connectivity index (χ4v) is 6.78. The largest absolute Gasteiger partial charge is 0.417 e. The van der Waals surface area contributed by atoms with Crippen LogP contribution in [0.1, 0.15) is 89.0 Å². The van der Waals surface area contributed by atoms with Crippen LogP contribution in [-0.2, 0) is 24.7 Å². The minimum Gasteiger partial charge on any atom is -0.192 e. The van der Waals surface area contributed by atoms with Gasteiger partial charge in [-0.1, -0.05) is 48.5 Å². The van der Waals surface area contributed by atoms with Gasteiger partial charge in [-0.2, -0.15) is 73.7 Å². The van der Waals surface area contributed by atoms with Crippen LogP contribution in [-0.4, -0.2) is 0 Å². The molecule has 0 aliphatic heterocycles. The van der Waals surface area contributed by atoms with Crippen LogP contribution in [0, 0.1) is 101 Å². The number of aryl methyl sites for hydroxylation is 8. The highest BCUT2D eigenvalue weighted by molar-refractivity contribution is 5.94. The lowest BCUT2D eigenvalue weighted by Crippen LogP contribution is -2.13. The molecule has 0 spiro atoms. The van der Waals surface area contributed by atoms with Gasteiger partial charge in [0.15, 0.2) is 0 Å². The number of benzene rings is 6. The number of rotatable bonds is 0. The first-order chi connectivity index (χ1) is 29.4. The van der Waals surface area contributed by atoms with Crippen molar-refractivity contribution in [1.82, 2.24) is 0 Å². The first-order valence-electron chi connectivity index (χ1n) is 18.6. The van der Waals surface area contributed by atoms with Gasteiger partial charge in [-0.3, -0.25) is 0 Å². The Bertz CT molecular complexity index is 2710. The lowest BCUT2D eigenvalue weighted by atomic mass is 9.93. The molecule has 0 radical (unpaired) electrons. The van der Waals surface area contributed by atoms with Crippen LogP contribution in [0.3, 0.4) is 0 Å². The summed E-state index contributed by atoms with van der Waals surface area (Å²) < 4.78 is 152. The second-order valence-electron chi connectivity index (χ2n) is 14.6. The Morgan fingerprint density at radius 1 is 0.312 bits per heavy atom. The Balaban J connectivity index is 0.000000230. The molecule has 0 N–H and O–H groups in total. The zero-order valence-corrected chi connectivity index (χ0v) is 35.3. The highest BCUT2D eigenvalue weighted by Crippen LogP contribution is 2.43. The maximum absolute atomic E-state index is 13.0. The third kappa shape index (κ3) is 11.7. The van der Waals surface area contributed by atoms with Gasteiger partial charge in [0, 0.05) is 10.8 Å². The van der Waals surface area contributed by atoms with Crippen LogP contribution in [0.15, 0.2) is 72.8 Å². The third-order valence-electron chi connectivity index (χ3n) is 10.0. The molecule has 0 fully saturated rings. The van der Waals surface area contributed by atoms with Gasteiger partial charge in [0.25, 0.3) is 0 Å². The second-order valence-corrected chi connectivity index (χ2v) is 14.6. The zero-order chi connectivity index (χ0) is 48.9. The van der Waals surface area contributed by atoms with Crippen molar-refractivity contribution < 1.29 is 52.7 Å². The van der Waals surface area contributed by atoms with Crippen molar-refractivity contribution in [2.24, 2.45) is 0 Å². The van der Waals surface area contributed by atoms with E-state index in [0.29, 0.717) is 34.4 Å². The maximum Gasteiger partial charge on any atom is 0.417 e. The Morgan fingerprint density at radius 2 is 0.594 bits per heavy atom. The quantitative estimate of drug-likeness (QED) is 0.142. The van der Waals surface area contributed by atoms with Crippen molar-refractivity contribution in [3.63, 3.8) is 0 Å². The molecule has 0 bridgehead atoms. The SMILES string of the molecule is Cc1cc(C#N)c(C)cc1C#N.Cc1cc(C(F)(F)F)c(C)cc1C(F)(F)F.Cc1ccc2c(C#N)c(C)ccc2c1C#N.Cc1ccc2c(C(F)(F)F)c(C)ccc2c1C(F)(F)F. The van der Waals surface area contributed by atoms with Crippen LogP contribution in [0.5, 0.6) is 0 Å². The van der Waals surface area contributed by atoms with Gasteiger partial charge >= 0.3 is 24.7 Å². The molecule has 0 aliphatic rings. The first kappa shape index (κ1) is 51.3. The van der Waals surface area contributed by atoms with E-state index < -0.39 is 68.9 Å². The van der Waals surface area contributed by atoms with E-state index in [-0.39, 0.29) is 11.1 Å². The average Bonchev–Trinajstić information content (AvgIpc) is 3.18. The van der Waals surface area contributed by atoms with E-state index in [9.17, 15) is 52.7 Å². The van der Waals surface area contributed by atoms with Crippen LogP contribution >= 0.6 is 0 Å². The molecule has 0 saturated carbocycles. The Labute approximate surface area is 360 Å². The summed E-state index contributed by atoms with van der Waals surface area (Å²) in [6.45, 7) is 12.0. The summed E-state index contributed by atoms with van der Waals surface area (Å²) in [6.07, 6.45) is -18.6. The zero-order valence-electron chi connectivity index (χ0n) is 35.3. The van der Waals surface area contributed by atoms with Gasteiger partial charge in [-0.25, -0.2) is 0 Å². The van der Waals surface area contributed by atoms with Crippen LogP contribution in [0.4, 0.5) is 52.7 Å². The highest BCUT2D eigenvalue weighted by Gasteiger charge is 2.39. The van der Waals surface area contributed by atoms with Crippen LogP contribution in [0.25, 0.3) is 21.5 Å². The van der Waals surface area contributed by atoms with Gasteiger partial charge < -0.3 is 0 Å². The Hall–Kier alpha value is -7.04. The van der Waals surface area contributed by atoms with Crippen LogP contribution in [0.2, 0.25) is 0 Å². The number of fused-ring (bicyclic) bond motifs is 2. The van der Waals surface area contributed by atoms with Gasteiger partial charge in [0.1, 0.15) is 12.1 Å². The fourth-order valence-electron chi connectivity index (χ4n) is 6.78. The fraction of sp³-hybridized carbons (Fsp3) is 0.250. The maximum atomic E-state index is 13.0. The van der Waals surface area contributed by atoms with E-state index in [1.54, 1.807) is 12.1 Å². The van der Waals surface area contributed by atoms with E-state index >= 15 is 0 Å². The molecular weight excluding hydrogens is 861 g/mol. The predicted octanol–water partition coefficient (Wildman–Crippen LogP) is 15.1. The van der Waals surface area contributed by atoms with E-state index in [1.807, 2.05) is 52.0 Å². The summed E-state index contributed by atoms with van der Waals surface area (Å²) in [4.78, 5) is 0. The number of hydrogen-bond acceptors (Lipinski definition) is 4. The van der Waals surface area contributed by atoms with Crippen molar-refractivity contribution in [3.05, 3.63) is 162 Å². The number of halogens is 12. The Kier molecular flexibility index (Phi) is 15.7. The molecule has 6 rings (SSSR count). The topological polar surface area (TPSA) is 95.2 Å².